The fraction of sp³-hybridized carbons (Fsp3) is 0.440. The van der Waals surface area contributed by atoms with E-state index in [1.165, 1.54) is 26.2 Å². The molecule has 1 heterocycles. The first-order chi connectivity index (χ1) is 14.9. The molecule has 1 aliphatic rings. The Bertz CT molecular complexity index is 1010. The summed E-state index contributed by atoms with van der Waals surface area (Å²) in [6.45, 7) is 11.0. The Morgan fingerprint density at radius 2 is 2.10 bits per heavy atom. The van der Waals surface area contributed by atoms with Crippen molar-refractivity contribution in [2.75, 3.05) is 12.4 Å². The molecule has 6 nitrogen and oxygen atoms in total. The van der Waals surface area contributed by atoms with Crippen LogP contribution in [0.4, 0.5) is 5.69 Å². The van der Waals surface area contributed by atoms with Crippen molar-refractivity contribution in [2.24, 2.45) is 22.7 Å². The molecule has 1 saturated carbocycles. The number of rotatable bonds is 9. The molecule has 3 rings (SSSR count). The molecular formula is C25H33N3O3. The van der Waals surface area contributed by atoms with E-state index in [1.807, 2.05) is 30.3 Å². The summed E-state index contributed by atoms with van der Waals surface area (Å²) >= 11 is 0. The van der Waals surface area contributed by atoms with Crippen LogP contribution < -0.4 is 5.32 Å². The highest BCUT2D eigenvalue weighted by atomic mass is 16.5. The van der Waals surface area contributed by atoms with Crippen LogP contribution in [0, 0.1) is 17.8 Å². The van der Waals surface area contributed by atoms with Crippen LogP contribution in [0.15, 0.2) is 53.7 Å². The van der Waals surface area contributed by atoms with E-state index in [0.29, 0.717) is 23.2 Å². The Morgan fingerprint density at radius 1 is 1.35 bits per heavy atom. The molecule has 6 heteroatoms. The van der Waals surface area contributed by atoms with Crippen molar-refractivity contribution in [3.05, 3.63) is 54.4 Å². The third kappa shape index (κ3) is 5.44. The molecule has 1 aromatic heterocycles. The van der Waals surface area contributed by atoms with Gasteiger partial charge in [0, 0.05) is 35.0 Å². The van der Waals surface area contributed by atoms with Crippen molar-refractivity contribution in [1.29, 1.82) is 0 Å². The monoisotopic (exact) mass is 423 g/mol. The first-order valence-electron chi connectivity index (χ1n) is 10.9. The number of carbonyl (C=O) groups excluding carboxylic acids is 1. The van der Waals surface area contributed by atoms with E-state index in [9.17, 15) is 9.90 Å². The minimum atomic E-state index is -0.424. The second-order valence-electron chi connectivity index (χ2n) is 8.63. The van der Waals surface area contributed by atoms with Crippen LogP contribution in [-0.2, 0) is 22.7 Å². The third-order valence-electron chi connectivity index (χ3n) is 5.64. The van der Waals surface area contributed by atoms with Crippen molar-refractivity contribution in [1.82, 2.24) is 4.57 Å². The molecule has 0 aliphatic heterocycles. The van der Waals surface area contributed by atoms with E-state index in [2.05, 4.69) is 42.2 Å². The van der Waals surface area contributed by atoms with E-state index in [1.54, 1.807) is 0 Å². The smallest absolute Gasteiger partial charge is 0.341 e. The minimum Gasteiger partial charge on any atom is -0.465 e. The molecule has 31 heavy (non-hydrogen) atoms. The second kappa shape index (κ2) is 9.96. The van der Waals surface area contributed by atoms with E-state index in [-0.39, 0.29) is 12.5 Å². The molecule has 0 radical (unpaired) electrons. The Labute approximate surface area is 184 Å². The predicted octanol–water partition coefficient (Wildman–Crippen LogP) is 4.89. The summed E-state index contributed by atoms with van der Waals surface area (Å²) in [5.41, 5.74) is 3.16. The Kier molecular flexibility index (Phi) is 7.33. The highest BCUT2D eigenvalue weighted by Gasteiger charge is 2.29. The molecule has 1 aromatic carbocycles. The van der Waals surface area contributed by atoms with Crippen LogP contribution in [0.25, 0.3) is 10.9 Å². The quantitative estimate of drug-likeness (QED) is 0.261. The number of aliphatic hydroxyl groups excluding tert-OH is 1. The molecule has 2 aromatic rings. The summed E-state index contributed by atoms with van der Waals surface area (Å²) in [6.07, 6.45) is 5.73. The highest BCUT2D eigenvalue weighted by Crippen LogP contribution is 2.38. The van der Waals surface area contributed by atoms with Gasteiger partial charge in [-0.1, -0.05) is 33.4 Å². The van der Waals surface area contributed by atoms with Gasteiger partial charge in [-0.25, -0.2) is 9.79 Å². The van der Waals surface area contributed by atoms with E-state index in [4.69, 9.17) is 4.74 Å². The van der Waals surface area contributed by atoms with Crippen molar-refractivity contribution >= 4 is 28.4 Å². The zero-order valence-corrected chi connectivity index (χ0v) is 18.9. The number of aliphatic imine (C=N–C) groups is 1. The Balaban J connectivity index is 1.95. The predicted molar refractivity (Wildman–Crippen MR) is 126 cm³/mol. The van der Waals surface area contributed by atoms with Crippen LogP contribution >= 0.6 is 0 Å². The molecule has 0 amide bonds. The first-order valence-corrected chi connectivity index (χ1v) is 10.9. The first kappa shape index (κ1) is 22.8. The topological polar surface area (TPSA) is 75.9 Å². The molecule has 0 bridgehead atoms. The zero-order chi connectivity index (χ0) is 22.5. The average molecular weight is 424 g/mol. The summed E-state index contributed by atoms with van der Waals surface area (Å²) in [5.74, 6) is 1.33. The maximum atomic E-state index is 12.5. The number of benzene rings is 1. The van der Waals surface area contributed by atoms with Gasteiger partial charge in [0.15, 0.2) is 0 Å². The van der Waals surface area contributed by atoms with Crippen molar-refractivity contribution in [3.8, 4) is 0 Å². The summed E-state index contributed by atoms with van der Waals surface area (Å²) in [4.78, 5) is 16.9. The maximum Gasteiger partial charge on any atom is 0.341 e. The Hall–Kier alpha value is -2.86. The van der Waals surface area contributed by atoms with Gasteiger partial charge in [0.25, 0.3) is 0 Å². The standard InChI is InChI=1S/C25H33N3O3/c1-6-26-24(22(25(30)31-5)11-17(4)18-7-8-18)27-20-9-10-23-19(12-20)13-21(15-29)28(23)14-16(2)3/h6,9-13,16-18,29H,1,7-8,14-15H2,2-5H3,(H,26,27)/b22-11+. The van der Waals surface area contributed by atoms with E-state index < -0.39 is 5.97 Å². The molecular weight excluding hydrogens is 390 g/mol. The van der Waals surface area contributed by atoms with Gasteiger partial charge in [-0.3, -0.25) is 0 Å². The van der Waals surface area contributed by atoms with Gasteiger partial charge in [-0.05, 0) is 54.9 Å². The number of nitrogens with zero attached hydrogens (tertiary/aromatic N) is 2. The zero-order valence-electron chi connectivity index (χ0n) is 18.9. The molecule has 1 atom stereocenters. The number of allylic oxidation sites excluding steroid dienone is 1. The van der Waals surface area contributed by atoms with Gasteiger partial charge in [-0.2, -0.15) is 0 Å². The lowest BCUT2D eigenvalue weighted by atomic mass is 10.0. The molecule has 1 unspecified atom stereocenters. The van der Waals surface area contributed by atoms with Gasteiger partial charge in [0.1, 0.15) is 5.84 Å². The lowest BCUT2D eigenvalue weighted by molar-refractivity contribution is -0.135. The number of ether oxygens (including phenoxy) is 1. The van der Waals surface area contributed by atoms with Crippen LogP contribution in [0.1, 0.15) is 39.3 Å². The number of esters is 1. The lowest BCUT2D eigenvalue weighted by Gasteiger charge is -2.15. The average Bonchev–Trinajstić information content (AvgIpc) is 3.54. The van der Waals surface area contributed by atoms with Crippen molar-refractivity contribution in [2.45, 2.75) is 46.8 Å². The van der Waals surface area contributed by atoms with Gasteiger partial charge in [0.2, 0.25) is 0 Å². The molecule has 0 spiro atoms. The number of methoxy groups -OCH3 is 1. The van der Waals surface area contributed by atoms with Crippen LogP contribution in [0.2, 0.25) is 0 Å². The van der Waals surface area contributed by atoms with E-state index >= 15 is 0 Å². The van der Waals surface area contributed by atoms with Gasteiger partial charge < -0.3 is 19.7 Å². The maximum absolute atomic E-state index is 12.5. The normalized spacial score (nSPS) is 15.9. The van der Waals surface area contributed by atoms with Gasteiger partial charge in [0.05, 0.1) is 19.3 Å². The molecule has 1 aliphatic carbocycles. The fourth-order valence-electron chi connectivity index (χ4n) is 3.89. The van der Waals surface area contributed by atoms with Crippen LogP contribution in [0.5, 0.6) is 0 Å². The molecule has 2 N–H and O–H groups in total. The van der Waals surface area contributed by atoms with Crippen LogP contribution in [0.3, 0.4) is 0 Å². The number of hydrogen-bond donors (Lipinski definition) is 2. The molecule has 1 fully saturated rings. The second-order valence-corrected chi connectivity index (χ2v) is 8.63. The highest BCUT2D eigenvalue weighted by molar-refractivity contribution is 6.24. The number of hydrogen-bond acceptors (Lipinski definition) is 4. The largest absolute Gasteiger partial charge is 0.465 e. The van der Waals surface area contributed by atoms with Crippen LogP contribution in [-0.4, -0.2) is 28.6 Å². The lowest BCUT2D eigenvalue weighted by Crippen LogP contribution is -2.23. The third-order valence-corrected chi connectivity index (χ3v) is 5.64. The number of aliphatic hydroxyl groups is 1. The number of nitrogens with one attached hydrogen (secondary N) is 1. The number of fused-ring (bicyclic) bond motifs is 1. The summed E-state index contributed by atoms with van der Waals surface area (Å²) in [7, 11) is 1.38. The minimum absolute atomic E-state index is 0.0123. The van der Waals surface area contributed by atoms with Gasteiger partial charge in [-0.15, -0.1) is 0 Å². The van der Waals surface area contributed by atoms with Crippen molar-refractivity contribution in [3.63, 3.8) is 0 Å². The molecule has 0 saturated heterocycles. The number of aromatic nitrogens is 1. The van der Waals surface area contributed by atoms with Crippen molar-refractivity contribution < 1.29 is 14.6 Å². The molecule has 166 valence electrons. The Morgan fingerprint density at radius 3 is 2.68 bits per heavy atom. The summed E-state index contributed by atoms with van der Waals surface area (Å²) in [6, 6.07) is 7.99. The van der Waals surface area contributed by atoms with E-state index in [0.717, 1.165) is 28.8 Å². The SMILES string of the molecule is C=CN=C(Nc1ccc2c(c1)cc(CO)n2CC(C)C)/C(=C\C(C)C1CC1)C(=O)OC. The number of carbonyl (C=O) groups is 1. The summed E-state index contributed by atoms with van der Waals surface area (Å²) in [5, 5.41) is 14.1. The summed E-state index contributed by atoms with van der Waals surface area (Å²) < 4.78 is 7.18. The number of amidine groups is 1. The number of anilines is 1. The fourth-order valence-corrected chi connectivity index (χ4v) is 3.89. The van der Waals surface area contributed by atoms with Gasteiger partial charge >= 0.3 is 5.97 Å².